The van der Waals surface area contributed by atoms with Gasteiger partial charge >= 0.3 is 0 Å². The SMILES string of the molecule is CC1(CNCc2sccc2Br)CCCN1. The van der Waals surface area contributed by atoms with Crippen molar-refractivity contribution in [3.63, 3.8) is 0 Å². The van der Waals surface area contributed by atoms with E-state index in [2.05, 4.69) is 44.9 Å². The zero-order valence-corrected chi connectivity index (χ0v) is 11.4. The molecule has 2 N–H and O–H groups in total. The third kappa shape index (κ3) is 3.03. The molecule has 2 rings (SSSR count). The van der Waals surface area contributed by atoms with Gasteiger partial charge in [0.05, 0.1) is 0 Å². The Morgan fingerprint density at radius 2 is 2.53 bits per heavy atom. The van der Waals surface area contributed by atoms with Crippen LogP contribution in [0.2, 0.25) is 0 Å². The molecule has 84 valence electrons. The molecule has 0 spiro atoms. The van der Waals surface area contributed by atoms with Crippen LogP contribution >= 0.6 is 27.3 Å². The third-order valence-corrected chi connectivity index (χ3v) is 4.88. The molecule has 15 heavy (non-hydrogen) atoms. The summed E-state index contributed by atoms with van der Waals surface area (Å²) < 4.78 is 1.23. The molecule has 0 radical (unpaired) electrons. The van der Waals surface area contributed by atoms with Gasteiger partial charge in [0.2, 0.25) is 0 Å². The molecule has 0 aliphatic carbocycles. The maximum absolute atomic E-state index is 3.56. The lowest BCUT2D eigenvalue weighted by Crippen LogP contribution is -2.45. The number of hydrogen-bond donors (Lipinski definition) is 2. The Morgan fingerprint density at radius 3 is 3.13 bits per heavy atom. The molecule has 1 atom stereocenters. The normalized spacial score (nSPS) is 26.0. The summed E-state index contributed by atoms with van der Waals surface area (Å²) in [5.74, 6) is 0. The molecule has 2 heterocycles. The minimum absolute atomic E-state index is 0.309. The van der Waals surface area contributed by atoms with E-state index >= 15 is 0 Å². The van der Waals surface area contributed by atoms with Crippen molar-refractivity contribution in [2.45, 2.75) is 31.8 Å². The van der Waals surface area contributed by atoms with Gasteiger partial charge in [0.1, 0.15) is 0 Å². The molecule has 1 saturated heterocycles. The average molecular weight is 289 g/mol. The van der Waals surface area contributed by atoms with Crippen LogP contribution in [0.4, 0.5) is 0 Å². The van der Waals surface area contributed by atoms with Crippen molar-refractivity contribution in [1.29, 1.82) is 0 Å². The first-order valence-corrected chi connectivity index (χ1v) is 7.04. The Bertz CT molecular complexity index is 318. The van der Waals surface area contributed by atoms with Crippen molar-refractivity contribution in [3.05, 3.63) is 20.8 Å². The minimum Gasteiger partial charge on any atom is -0.310 e. The molecule has 0 saturated carbocycles. The van der Waals surface area contributed by atoms with E-state index in [1.165, 1.54) is 28.7 Å². The van der Waals surface area contributed by atoms with Crippen LogP contribution in [0, 0.1) is 0 Å². The number of nitrogens with one attached hydrogen (secondary N) is 2. The first-order valence-electron chi connectivity index (χ1n) is 5.37. The zero-order chi connectivity index (χ0) is 10.7. The van der Waals surface area contributed by atoms with Crippen LogP contribution in [-0.4, -0.2) is 18.6 Å². The van der Waals surface area contributed by atoms with E-state index in [0.29, 0.717) is 5.54 Å². The molecule has 1 aliphatic heterocycles. The first-order chi connectivity index (χ1) is 7.20. The fourth-order valence-electron chi connectivity index (χ4n) is 2.01. The van der Waals surface area contributed by atoms with Crippen LogP contribution in [0.3, 0.4) is 0 Å². The molecular formula is C11H17BrN2S. The Kier molecular flexibility index (Phi) is 3.83. The largest absolute Gasteiger partial charge is 0.310 e. The topological polar surface area (TPSA) is 24.1 Å². The van der Waals surface area contributed by atoms with E-state index in [1.807, 2.05) is 0 Å². The van der Waals surface area contributed by atoms with Gasteiger partial charge in [0.15, 0.2) is 0 Å². The number of halogens is 1. The lowest BCUT2D eigenvalue weighted by atomic mass is 10.0. The summed E-state index contributed by atoms with van der Waals surface area (Å²) >= 11 is 5.35. The molecule has 1 aliphatic rings. The van der Waals surface area contributed by atoms with Crippen LogP contribution in [0.1, 0.15) is 24.6 Å². The summed E-state index contributed by atoms with van der Waals surface area (Å²) in [6.07, 6.45) is 2.59. The highest BCUT2D eigenvalue weighted by Gasteiger charge is 2.27. The predicted octanol–water partition coefficient (Wildman–Crippen LogP) is 2.74. The summed E-state index contributed by atoms with van der Waals surface area (Å²) in [6.45, 7) is 5.49. The molecule has 0 amide bonds. The number of thiophene rings is 1. The van der Waals surface area contributed by atoms with E-state index < -0.39 is 0 Å². The molecule has 0 aromatic carbocycles. The molecule has 1 unspecified atom stereocenters. The maximum Gasteiger partial charge on any atom is 0.0327 e. The second-order valence-electron chi connectivity index (χ2n) is 4.39. The van der Waals surface area contributed by atoms with Crippen LogP contribution < -0.4 is 10.6 Å². The Hall–Kier alpha value is 0.1000. The molecule has 2 nitrogen and oxygen atoms in total. The highest BCUT2D eigenvalue weighted by atomic mass is 79.9. The van der Waals surface area contributed by atoms with Gasteiger partial charge < -0.3 is 10.6 Å². The quantitative estimate of drug-likeness (QED) is 0.890. The number of hydrogen-bond acceptors (Lipinski definition) is 3. The summed E-state index contributed by atoms with van der Waals surface area (Å²) in [5, 5.41) is 9.21. The Labute approximate surface area is 104 Å². The summed E-state index contributed by atoms with van der Waals surface area (Å²) in [4.78, 5) is 1.39. The summed E-state index contributed by atoms with van der Waals surface area (Å²) in [6, 6.07) is 2.11. The van der Waals surface area contributed by atoms with Gasteiger partial charge in [-0.15, -0.1) is 11.3 Å². The Morgan fingerprint density at radius 1 is 1.67 bits per heavy atom. The van der Waals surface area contributed by atoms with E-state index in [1.54, 1.807) is 11.3 Å². The van der Waals surface area contributed by atoms with Gasteiger partial charge in [-0.1, -0.05) is 0 Å². The van der Waals surface area contributed by atoms with Gasteiger partial charge in [-0.2, -0.15) is 0 Å². The van der Waals surface area contributed by atoms with Gasteiger partial charge in [0, 0.05) is 28.0 Å². The number of rotatable bonds is 4. The molecule has 1 fully saturated rings. The molecule has 1 aromatic rings. The maximum atomic E-state index is 3.56. The minimum atomic E-state index is 0.309. The van der Waals surface area contributed by atoms with Crippen molar-refractivity contribution in [3.8, 4) is 0 Å². The standard InChI is InChI=1S/C11H17BrN2S/c1-11(4-2-5-14-11)8-13-7-10-9(12)3-6-15-10/h3,6,13-14H,2,4-5,7-8H2,1H3. The fraction of sp³-hybridized carbons (Fsp3) is 0.636. The van der Waals surface area contributed by atoms with Crippen LogP contribution in [0.15, 0.2) is 15.9 Å². The second-order valence-corrected chi connectivity index (χ2v) is 6.24. The van der Waals surface area contributed by atoms with Crippen molar-refractivity contribution < 1.29 is 0 Å². The zero-order valence-electron chi connectivity index (χ0n) is 8.98. The van der Waals surface area contributed by atoms with Crippen molar-refractivity contribution in [2.75, 3.05) is 13.1 Å². The average Bonchev–Trinajstić information content (AvgIpc) is 2.78. The molecule has 4 heteroatoms. The summed E-state index contributed by atoms with van der Waals surface area (Å²) in [7, 11) is 0. The van der Waals surface area contributed by atoms with Crippen LogP contribution in [-0.2, 0) is 6.54 Å². The van der Waals surface area contributed by atoms with Gasteiger partial charge in [0.25, 0.3) is 0 Å². The second kappa shape index (κ2) is 4.95. The van der Waals surface area contributed by atoms with Gasteiger partial charge in [-0.3, -0.25) is 0 Å². The molecule has 1 aromatic heterocycles. The predicted molar refractivity (Wildman–Crippen MR) is 69.4 cm³/mol. The fourth-order valence-corrected chi connectivity index (χ4v) is 3.47. The highest BCUT2D eigenvalue weighted by molar-refractivity contribution is 9.10. The lowest BCUT2D eigenvalue weighted by molar-refractivity contribution is 0.385. The third-order valence-electron chi connectivity index (χ3n) is 2.95. The van der Waals surface area contributed by atoms with Crippen molar-refractivity contribution in [1.82, 2.24) is 10.6 Å². The van der Waals surface area contributed by atoms with Crippen molar-refractivity contribution >= 4 is 27.3 Å². The van der Waals surface area contributed by atoms with E-state index in [-0.39, 0.29) is 0 Å². The van der Waals surface area contributed by atoms with Crippen molar-refractivity contribution in [2.24, 2.45) is 0 Å². The molecular weight excluding hydrogens is 272 g/mol. The smallest absolute Gasteiger partial charge is 0.0327 e. The molecule has 0 bridgehead atoms. The van der Waals surface area contributed by atoms with Crippen LogP contribution in [0.25, 0.3) is 0 Å². The van der Waals surface area contributed by atoms with E-state index in [0.717, 1.165) is 13.1 Å². The summed E-state index contributed by atoms with van der Waals surface area (Å²) in [5.41, 5.74) is 0.309. The van der Waals surface area contributed by atoms with E-state index in [4.69, 9.17) is 0 Å². The monoisotopic (exact) mass is 288 g/mol. The highest BCUT2D eigenvalue weighted by Crippen LogP contribution is 2.23. The van der Waals surface area contributed by atoms with E-state index in [9.17, 15) is 0 Å². The Balaban J connectivity index is 1.77. The van der Waals surface area contributed by atoms with Gasteiger partial charge in [-0.25, -0.2) is 0 Å². The first kappa shape index (κ1) is 11.6. The van der Waals surface area contributed by atoms with Gasteiger partial charge in [-0.05, 0) is 53.7 Å². The lowest BCUT2D eigenvalue weighted by Gasteiger charge is -2.24. The van der Waals surface area contributed by atoms with Crippen LogP contribution in [0.5, 0.6) is 0 Å².